The number of hydrogen-bond acceptors (Lipinski definition) is 3. The Morgan fingerprint density at radius 1 is 1.30 bits per heavy atom. The lowest BCUT2D eigenvalue weighted by atomic mass is 9.90. The van der Waals surface area contributed by atoms with Crippen LogP contribution in [-0.2, 0) is 4.74 Å². The van der Waals surface area contributed by atoms with Gasteiger partial charge < -0.3 is 20.1 Å². The Kier molecular flexibility index (Phi) is 7.80. The van der Waals surface area contributed by atoms with E-state index in [0.29, 0.717) is 5.41 Å². The second-order valence-corrected chi connectivity index (χ2v) is 8.24. The SMILES string of the molecule is CCNC(=NCC1(CCOC)CC1)NC1CC(C)(C)Oc2ccccc21.I. The summed E-state index contributed by atoms with van der Waals surface area (Å²) in [5.74, 6) is 1.87. The molecule has 1 aliphatic carbocycles. The minimum absolute atomic E-state index is 0. The minimum atomic E-state index is -0.195. The number of guanidine groups is 1. The number of ether oxygens (including phenoxy) is 2. The zero-order valence-electron chi connectivity index (χ0n) is 17.0. The van der Waals surface area contributed by atoms with Gasteiger partial charge in [0, 0.05) is 38.8 Å². The van der Waals surface area contributed by atoms with Gasteiger partial charge in [-0.25, -0.2) is 0 Å². The number of benzene rings is 1. The van der Waals surface area contributed by atoms with E-state index >= 15 is 0 Å². The van der Waals surface area contributed by atoms with Crippen LogP contribution in [0.1, 0.15) is 58.1 Å². The standard InChI is InChI=1S/C21H33N3O2.HI/c1-5-22-19(23-15-21(10-11-21)12-13-25-4)24-17-14-20(2,3)26-18-9-7-6-8-16(17)18;/h6-9,17H,5,10-15H2,1-4H3,(H2,22,23,24);1H. The van der Waals surface area contributed by atoms with E-state index in [4.69, 9.17) is 14.5 Å². The molecule has 152 valence electrons. The summed E-state index contributed by atoms with van der Waals surface area (Å²) in [6.07, 6.45) is 4.52. The van der Waals surface area contributed by atoms with Gasteiger partial charge in [0.05, 0.1) is 6.04 Å². The number of aliphatic imine (C=N–C) groups is 1. The number of para-hydroxylation sites is 1. The third-order valence-corrected chi connectivity index (χ3v) is 5.40. The molecule has 5 nitrogen and oxygen atoms in total. The molecule has 1 aliphatic heterocycles. The molecule has 0 bridgehead atoms. The van der Waals surface area contributed by atoms with Gasteiger partial charge in [0.15, 0.2) is 5.96 Å². The minimum Gasteiger partial charge on any atom is -0.487 e. The molecule has 0 radical (unpaired) electrons. The molecule has 6 heteroatoms. The van der Waals surface area contributed by atoms with Crippen LogP contribution in [-0.4, -0.2) is 38.4 Å². The fourth-order valence-corrected chi connectivity index (χ4v) is 3.65. The first-order valence-electron chi connectivity index (χ1n) is 9.79. The van der Waals surface area contributed by atoms with Crippen molar-refractivity contribution in [2.45, 2.75) is 58.1 Å². The molecule has 2 aliphatic rings. The predicted octanol–water partition coefficient (Wildman–Crippen LogP) is 4.28. The number of halogens is 1. The highest BCUT2D eigenvalue weighted by molar-refractivity contribution is 14.0. The Hall–Kier alpha value is -1.02. The Labute approximate surface area is 180 Å². The van der Waals surface area contributed by atoms with Gasteiger partial charge in [0.1, 0.15) is 11.4 Å². The van der Waals surface area contributed by atoms with Gasteiger partial charge in [-0.05, 0) is 51.5 Å². The van der Waals surface area contributed by atoms with Crippen molar-refractivity contribution >= 4 is 29.9 Å². The van der Waals surface area contributed by atoms with Crippen molar-refractivity contribution in [2.24, 2.45) is 10.4 Å². The molecular formula is C21H34IN3O2. The Balaban J connectivity index is 0.00000261. The van der Waals surface area contributed by atoms with Crippen LogP contribution >= 0.6 is 24.0 Å². The Bertz CT molecular complexity index is 644. The summed E-state index contributed by atoms with van der Waals surface area (Å²) in [4.78, 5) is 4.91. The van der Waals surface area contributed by atoms with Gasteiger partial charge in [-0.3, -0.25) is 4.99 Å². The van der Waals surface area contributed by atoms with Crippen LogP contribution in [0.15, 0.2) is 29.3 Å². The fraction of sp³-hybridized carbons (Fsp3) is 0.667. The zero-order valence-corrected chi connectivity index (χ0v) is 19.3. The molecule has 1 heterocycles. The van der Waals surface area contributed by atoms with E-state index in [1.165, 1.54) is 18.4 Å². The predicted molar refractivity (Wildman–Crippen MR) is 121 cm³/mol. The molecular weight excluding hydrogens is 453 g/mol. The largest absolute Gasteiger partial charge is 0.487 e. The van der Waals surface area contributed by atoms with Crippen LogP contribution in [0, 0.1) is 5.41 Å². The van der Waals surface area contributed by atoms with Crippen LogP contribution < -0.4 is 15.4 Å². The summed E-state index contributed by atoms with van der Waals surface area (Å²) in [6.45, 7) is 8.93. The lowest BCUT2D eigenvalue weighted by Gasteiger charge is -2.38. The Morgan fingerprint density at radius 2 is 2.04 bits per heavy atom. The maximum absolute atomic E-state index is 6.15. The number of methoxy groups -OCH3 is 1. The van der Waals surface area contributed by atoms with Crippen molar-refractivity contribution in [3.05, 3.63) is 29.8 Å². The zero-order chi connectivity index (χ0) is 18.6. The van der Waals surface area contributed by atoms with Gasteiger partial charge in [0.25, 0.3) is 0 Å². The van der Waals surface area contributed by atoms with Crippen molar-refractivity contribution in [1.82, 2.24) is 10.6 Å². The molecule has 1 fully saturated rings. The van der Waals surface area contributed by atoms with Crippen molar-refractivity contribution in [3.63, 3.8) is 0 Å². The topological polar surface area (TPSA) is 54.9 Å². The summed E-state index contributed by atoms with van der Waals surface area (Å²) < 4.78 is 11.4. The molecule has 3 rings (SSSR count). The molecule has 1 aromatic carbocycles. The van der Waals surface area contributed by atoms with E-state index in [-0.39, 0.29) is 35.6 Å². The maximum Gasteiger partial charge on any atom is 0.191 e. The highest BCUT2D eigenvalue weighted by atomic mass is 127. The molecule has 0 saturated heterocycles. The first kappa shape index (κ1) is 22.3. The lowest BCUT2D eigenvalue weighted by molar-refractivity contribution is 0.0694. The average Bonchev–Trinajstić information content (AvgIpc) is 3.37. The van der Waals surface area contributed by atoms with Gasteiger partial charge in [0.2, 0.25) is 0 Å². The van der Waals surface area contributed by atoms with Crippen molar-refractivity contribution in [3.8, 4) is 5.75 Å². The van der Waals surface area contributed by atoms with Gasteiger partial charge in [-0.1, -0.05) is 18.2 Å². The second kappa shape index (κ2) is 9.45. The van der Waals surface area contributed by atoms with Crippen molar-refractivity contribution in [1.29, 1.82) is 0 Å². The smallest absolute Gasteiger partial charge is 0.191 e. The first-order valence-corrected chi connectivity index (χ1v) is 9.79. The molecule has 1 saturated carbocycles. The van der Waals surface area contributed by atoms with Gasteiger partial charge in [-0.15, -0.1) is 24.0 Å². The number of rotatable bonds is 7. The van der Waals surface area contributed by atoms with Crippen LogP contribution in [0.2, 0.25) is 0 Å². The van der Waals surface area contributed by atoms with Crippen molar-refractivity contribution in [2.75, 3.05) is 26.8 Å². The quantitative estimate of drug-likeness (QED) is 0.343. The van der Waals surface area contributed by atoms with Gasteiger partial charge >= 0.3 is 0 Å². The molecule has 1 unspecified atom stereocenters. The highest BCUT2D eigenvalue weighted by Gasteiger charge is 2.42. The third kappa shape index (κ3) is 5.98. The fourth-order valence-electron chi connectivity index (χ4n) is 3.65. The first-order chi connectivity index (χ1) is 12.5. The molecule has 1 aromatic rings. The van der Waals surface area contributed by atoms with Crippen LogP contribution in [0.5, 0.6) is 5.75 Å². The van der Waals surface area contributed by atoms with Crippen LogP contribution in [0.3, 0.4) is 0 Å². The highest BCUT2D eigenvalue weighted by Crippen LogP contribution is 2.49. The third-order valence-electron chi connectivity index (χ3n) is 5.40. The molecule has 2 N–H and O–H groups in total. The van der Waals surface area contributed by atoms with E-state index in [0.717, 1.165) is 44.2 Å². The van der Waals surface area contributed by atoms with E-state index in [1.807, 2.05) is 6.07 Å². The maximum atomic E-state index is 6.15. The number of fused-ring (bicyclic) bond motifs is 1. The van der Waals surface area contributed by atoms with E-state index < -0.39 is 0 Å². The number of nitrogens with one attached hydrogen (secondary N) is 2. The van der Waals surface area contributed by atoms with E-state index in [2.05, 4.69) is 49.6 Å². The van der Waals surface area contributed by atoms with Crippen molar-refractivity contribution < 1.29 is 9.47 Å². The molecule has 0 amide bonds. The van der Waals surface area contributed by atoms with E-state index in [1.54, 1.807) is 7.11 Å². The number of nitrogens with zero attached hydrogens (tertiary/aromatic N) is 1. The van der Waals surface area contributed by atoms with Crippen LogP contribution in [0.25, 0.3) is 0 Å². The lowest BCUT2D eigenvalue weighted by Crippen LogP contribution is -2.45. The summed E-state index contributed by atoms with van der Waals surface area (Å²) >= 11 is 0. The molecule has 0 aromatic heterocycles. The average molecular weight is 487 g/mol. The summed E-state index contributed by atoms with van der Waals surface area (Å²) in [6, 6.07) is 8.50. The molecule has 0 spiro atoms. The molecule has 27 heavy (non-hydrogen) atoms. The number of hydrogen-bond donors (Lipinski definition) is 2. The second-order valence-electron chi connectivity index (χ2n) is 8.24. The Morgan fingerprint density at radius 3 is 2.70 bits per heavy atom. The van der Waals surface area contributed by atoms with E-state index in [9.17, 15) is 0 Å². The normalized spacial score (nSPS) is 22.1. The summed E-state index contributed by atoms with van der Waals surface area (Å²) in [5.41, 5.74) is 1.36. The summed E-state index contributed by atoms with van der Waals surface area (Å²) in [5, 5.41) is 7.06. The monoisotopic (exact) mass is 487 g/mol. The molecule has 1 atom stereocenters. The van der Waals surface area contributed by atoms with Gasteiger partial charge in [-0.2, -0.15) is 0 Å². The van der Waals surface area contributed by atoms with Crippen LogP contribution in [0.4, 0.5) is 0 Å². The summed E-state index contributed by atoms with van der Waals surface area (Å²) in [7, 11) is 1.77.